The molecule has 0 bridgehead atoms. The molecule has 0 heterocycles. The molecule has 0 spiro atoms. The van der Waals surface area contributed by atoms with Crippen LogP contribution in [0.4, 0.5) is 0 Å². The normalized spacial score (nSPS) is 14.7. The lowest BCUT2D eigenvalue weighted by Gasteiger charge is -2.15. The van der Waals surface area contributed by atoms with Gasteiger partial charge in [0.25, 0.3) is 0 Å². The fourth-order valence-corrected chi connectivity index (χ4v) is 2.25. The van der Waals surface area contributed by atoms with Crippen LogP contribution in [0.2, 0.25) is 0 Å². The maximum Gasteiger partial charge on any atom is 0.0587 e. The standard InChI is InChI=1S/C16H34O2/c1-3-4-5-6-7-8-9-10-11-12-13-16(18)15(2)14-17/h15-18H,3-14H2,1-2H3. The molecule has 2 atom stereocenters. The first-order valence-electron chi connectivity index (χ1n) is 8.01. The summed E-state index contributed by atoms with van der Waals surface area (Å²) >= 11 is 0. The molecular formula is C16H34O2. The van der Waals surface area contributed by atoms with Crippen molar-refractivity contribution in [1.82, 2.24) is 0 Å². The van der Waals surface area contributed by atoms with Crippen LogP contribution in [-0.2, 0) is 0 Å². The van der Waals surface area contributed by atoms with E-state index in [0.29, 0.717) is 0 Å². The van der Waals surface area contributed by atoms with Gasteiger partial charge < -0.3 is 10.2 Å². The van der Waals surface area contributed by atoms with E-state index in [-0.39, 0.29) is 18.6 Å². The highest BCUT2D eigenvalue weighted by Gasteiger charge is 2.11. The molecule has 2 N–H and O–H groups in total. The second kappa shape index (κ2) is 13.4. The van der Waals surface area contributed by atoms with Crippen molar-refractivity contribution >= 4 is 0 Å². The Bertz CT molecular complexity index is 159. The van der Waals surface area contributed by atoms with Crippen molar-refractivity contribution in [3.63, 3.8) is 0 Å². The topological polar surface area (TPSA) is 40.5 Å². The highest BCUT2D eigenvalue weighted by molar-refractivity contribution is 4.63. The Hall–Kier alpha value is -0.0800. The quantitative estimate of drug-likeness (QED) is 0.484. The van der Waals surface area contributed by atoms with Crippen LogP contribution in [0.5, 0.6) is 0 Å². The zero-order chi connectivity index (χ0) is 13.6. The van der Waals surface area contributed by atoms with Gasteiger partial charge in [-0.1, -0.05) is 78.1 Å². The zero-order valence-electron chi connectivity index (χ0n) is 12.5. The third-order valence-electron chi connectivity index (χ3n) is 3.80. The van der Waals surface area contributed by atoms with Crippen molar-refractivity contribution in [2.24, 2.45) is 5.92 Å². The molecule has 0 aliphatic heterocycles. The average molecular weight is 258 g/mol. The van der Waals surface area contributed by atoms with Crippen molar-refractivity contribution in [3.05, 3.63) is 0 Å². The van der Waals surface area contributed by atoms with Crippen molar-refractivity contribution in [2.45, 2.75) is 90.6 Å². The number of rotatable bonds is 13. The van der Waals surface area contributed by atoms with Crippen LogP contribution in [0, 0.1) is 5.92 Å². The van der Waals surface area contributed by atoms with Crippen LogP contribution in [0.1, 0.15) is 84.5 Å². The summed E-state index contributed by atoms with van der Waals surface area (Å²) in [6.07, 6.45) is 13.8. The molecule has 0 saturated heterocycles. The number of unbranched alkanes of at least 4 members (excludes halogenated alkanes) is 9. The van der Waals surface area contributed by atoms with E-state index in [1.807, 2.05) is 6.92 Å². The lowest BCUT2D eigenvalue weighted by Crippen LogP contribution is -2.20. The molecule has 18 heavy (non-hydrogen) atoms. The third kappa shape index (κ3) is 11.0. The van der Waals surface area contributed by atoms with Gasteiger partial charge in [-0.3, -0.25) is 0 Å². The average Bonchev–Trinajstić information content (AvgIpc) is 2.39. The number of aliphatic hydroxyl groups excluding tert-OH is 2. The van der Waals surface area contributed by atoms with E-state index in [9.17, 15) is 5.11 Å². The van der Waals surface area contributed by atoms with Gasteiger partial charge in [0.05, 0.1) is 6.10 Å². The summed E-state index contributed by atoms with van der Waals surface area (Å²) in [7, 11) is 0. The van der Waals surface area contributed by atoms with Crippen LogP contribution in [0.15, 0.2) is 0 Å². The minimum atomic E-state index is -0.316. The molecule has 0 rings (SSSR count). The molecule has 0 aliphatic carbocycles. The van der Waals surface area contributed by atoms with E-state index in [1.165, 1.54) is 57.8 Å². The summed E-state index contributed by atoms with van der Waals surface area (Å²) in [4.78, 5) is 0. The molecular weight excluding hydrogens is 224 g/mol. The molecule has 0 aromatic rings. The summed E-state index contributed by atoms with van der Waals surface area (Å²) in [5.74, 6) is 0.0311. The molecule has 0 aromatic heterocycles. The van der Waals surface area contributed by atoms with Gasteiger partial charge in [0, 0.05) is 12.5 Å². The Morgan fingerprint density at radius 3 is 1.67 bits per heavy atom. The second-order valence-electron chi connectivity index (χ2n) is 5.70. The Morgan fingerprint density at radius 1 is 0.778 bits per heavy atom. The largest absolute Gasteiger partial charge is 0.396 e. The maximum absolute atomic E-state index is 9.68. The molecule has 0 fully saturated rings. The van der Waals surface area contributed by atoms with Crippen LogP contribution in [-0.4, -0.2) is 22.9 Å². The van der Waals surface area contributed by atoms with Crippen molar-refractivity contribution < 1.29 is 10.2 Å². The van der Waals surface area contributed by atoms with Gasteiger partial charge in [0.15, 0.2) is 0 Å². The summed E-state index contributed by atoms with van der Waals surface area (Å²) in [6.45, 7) is 4.26. The second-order valence-corrected chi connectivity index (χ2v) is 5.70. The van der Waals surface area contributed by atoms with Gasteiger partial charge in [-0.25, -0.2) is 0 Å². The highest BCUT2D eigenvalue weighted by Crippen LogP contribution is 2.14. The SMILES string of the molecule is CCCCCCCCCCCCC(O)C(C)CO. The maximum atomic E-state index is 9.68. The number of aliphatic hydroxyl groups is 2. The summed E-state index contributed by atoms with van der Waals surface area (Å²) in [5, 5.41) is 18.6. The van der Waals surface area contributed by atoms with Gasteiger partial charge in [-0.15, -0.1) is 0 Å². The Kier molecular flexibility index (Phi) is 13.3. The molecule has 2 nitrogen and oxygen atoms in total. The molecule has 0 radical (unpaired) electrons. The Morgan fingerprint density at radius 2 is 1.22 bits per heavy atom. The first-order valence-corrected chi connectivity index (χ1v) is 8.01. The molecule has 2 heteroatoms. The Labute approximate surface area is 114 Å². The smallest absolute Gasteiger partial charge is 0.0587 e. The fourth-order valence-electron chi connectivity index (χ4n) is 2.25. The molecule has 0 saturated carbocycles. The lowest BCUT2D eigenvalue weighted by atomic mass is 9.99. The minimum Gasteiger partial charge on any atom is -0.396 e. The van der Waals surface area contributed by atoms with E-state index in [2.05, 4.69) is 6.92 Å². The molecule has 2 unspecified atom stereocenters. The van der Waals surface area contributed by atoms with Gasteiger partial charge in [-0.05, 0) is 6.42 Å². The van der Waals surface area contributed by atoms with Gasteiger partial charge in [0.2, 0.25) is 0 Å². The minimum absolute atomic E-state index is 0.0311. The van der Waals surface area contributed by atoms with E-state index >= 15 is 0 Å². The van der Waals surface area contributed by atoms with E-state index < -0.39 is 0 Å². The first-order chi connectivity index (χ1) is 8.72. The van der Waals surface area contributed by atoms with Crippen LogP contribution < -0.4 is 0 Å². The summed E-state index contributed by atoms with van der Waals surface area (Å²) in [6, 6.07) is 0. The highest BCUT2D eigenvalue weighted by atomic mass is 16.3. The molecule has 0 aliphatic rings. The monoisotopic (exact) mass is 258 g/mol. The van der Waals surface area contributed by atoms with Crippen molar-refractivity contribution in [3.8, 4) is 0 Å². The summed E-state index contributed by atoms with van der Waals surface area (Å²) < 4.78 is 0. The first kappa shape index (κ1) is 17.9. The number of hydrogen-bond donors (Lipinski definition) is 2. The lowest BCUT2D eigenvalue weighted by molar-refractivity contribution is 0.0685. The molecule has 0 amide bonds. The third-order valence-corrected chi connectivity index (χ3v) is 3.80. The predicted molar refractivity (Wildman–Crippen MR) is 78.7 cm³/mol. The fraction of sp³-hybridized carbons (Fsp3) is 1.00. The van der Waals surface area contributed by atoms with Crippen LogP contribution >= 0.6 is 0 Å². The van der Waals surface area contributed by atoms with Crippen LogP contribution in [0.3, 0.4) is 0 Å². The van der Waals surface area contributed by atoms with E-state index in [1.54, 1.807) is 0 Å². The Balaban J connectivity index is 3.11. The molecule has 0 aromatic carbocycles. The van der Waals surface area contributed by atoms with Gasteiger partial charge >= 0.3 is 0 Å². The van der Waals surface area contributed by atoms with E-state index in [0.717, 1.165) is 12.8 Å². The zero-order valence-corrected chi connectivity index (χ0v) is 12.5. The van der Waals surface area contributed by atoms with Crippen molar-refractivity contribution in [2.75, 3.05) is 6.61 Å². The summed E-state index contributed by atoms with van der Waals surface area (Å²) in [5.41, 5.74) is 0. The number of hydrogen-bond acceptors (Lipinski definition) is 2. The van der Waals surface area contributed by atoms with E-state index in [4.69, 9.17) is 5.11 Å². The molecule has 110 valence electrons. The van der Waals surface area contributed by atoms with Gasteiger partial charge in [-0.2, -0.15) is 0 Å². The predicted octanol–water partition coefficient (Wildman–Crippen LogP) is 4.29. The van der Waals surface area contributed by atoms with Gasteiger partial charge in [0.1, 0.15) is 0 Å². The van der Waals surface area contributed by atoms with Crippen LogP contribution in [0.25, 0.3) is 0 Å². The van der Waals surface area contributed by atoms with Crippen molar-refractivity contribution in [1.29, 1.82) is 0 Å².